The lowest BCUT2D eigenvalue weighted by atomic mass is 10.2. The topological polar surface area (TPSA) is 108 Å². The van der Waals surface area contributed by atoms with E-state index in [1.165, 1.54) is 5.56 Å². The number of nitrogens with one attached hydrogen (secondary N) is 3. The van der Waals surface area contributed by atoms with Crippen LogP contribution in [0.15, 0.2) is 110 Å². The number of aromatic nitrogens is 2. The molecule has 194 valence electrons. The lowest BCUT2D eigenvalue weighted by Crippen LogP contribution is -2.39. The summed E-state index contributed by atoms with van der Waals surface area (Å²) in [6, 6.07) is 26.4. The van der Waals surface area contributed by atoms with E-state index in [2.05, 4.69) is 55.1 Å². The van der Waals surface area contributed by atoms with Crippen LogP contribution in [0, 0.1) is 0 Å². The summed E-state index contributed by atoms with van der Waals surface area (Å²) in [5, 5.41) is 8.39. The van der Waals surface area contributed by atoms with Gasteiger partial charge < -0.3 is 15.4 Å². The number of pyridine rings is 2. The van der Waals surface area contributed by atoms with Crippen molar-refractivity contribution in [2.75, 3.05) is 23.7 Å². The molecule has 3 N–H and O–H groups in total. The molecule has 3 amide bonds. The molecule has 9 heteroatoms. The Balaban J connectivity index is 0.000000186. The lowest BCUT2D eigenvalue weighted by molar-refractivity contribution is 0.215. The second kappa shape index (κ2) is 14.1. The third-order valence-corrected chi connectivity index (χ3v) is 5.64. The van der Waals surface area contributed by atoms with Gasteiger partial charge in [0.25, 0.3) is 0 Å². The largest absolute Gasteiger partial charge is 0.417 e. The fourth-order valence-electron chi connectivity index (χ4n) is 3.90. The number of para-hydroxylation sites is 1. The van der Waals surface area contributed by atoms with Crippen molar-refractivity contribution >= 4 is 23.5 Å². The van der Waals surface area contributed by atoms with E-state index in [9.17, 15) is 9.59 Å². The van der Waals surface area contributed by atoms with E-state index < -0.39 is 6.09 Å². The molecule has 4 aromatic rings. The van der Waals surface area contributed by atoms with Crippen LogP contribution >= 0.6 is 0 Å². The highest BCUT2D eigenvalue weighted by Crippen LogP contribution is 2.14. The number of carbonyl (C=O) groups is 2. The van der Waals surface area contributed by atoms with Crippen molar-refractivity contribution in [2.24, 2.45) is 0 Å². The molecule has 5 rings (SSSR count). The third kappa shape index (κ3) is 9.03. The van der Waals surface area contributed by atoms with Crippen LogP contribution in [0.25, 0.3) is 0 Å². The highest BCUT2D eigenvalue weighted by molar-refractivity contribution is 5.89. The number of amides is 3. The van der Waals surface area contributed by atoms with Crippen molar-refractivity contribution in [1.82, 2.24) is 20.2 Å². The molecule has 0 saturated carbocycles. The summed E-state index contributed by atoms with van der Waals surface area (Å²) in [4.78, 5) is 33.6. The van der Waals surface area contributed by atoms with Gasteiger partial charge in [-0.05, 0) is 48.4 Å². The van der Waals surface area contributed by atoms with E-state index in [4.69, 9.17) is 4.74 Å². The number of ether oxygens (including phenoxy) is 1. The molecule has 1 aliphatic heterocycles. The number of urea groups is 1. The summed E-state index contributed by atoms with van der Waals surface area (Å²) >= 11 is 0. The zero-order valence-corrected chi connectivity index (χ0v) is 20.9. The van der Waals surface area contributed by atoms with Gasteiger partial charge in [0.2, 0.25) is 0 Å². The molecule has 0 radical (unpaired) electrons. The Morgan fingerprint density at radius 2 is 1.45 bits per heavy atom. The predicted octanol–water partition coefficient (Wildman–Crippen LogP) is 5.17. The normalized spacial score (nSPS) is 14.5. The number of likely N-dealkylation sites (tertiary alicyclic amines) is 1. The van der Waals surface area contributed by atoms with Gasteiger partial charge in [0.15, 0.2) is 0 Å². The summed E-state index contributed by atoms with van der Waals surface area (Å²) in [7, 11) is 0. The van der Waals surface area contributed by atoms with Gasteiger partial charge in [-0.15, -0.1) is 0 Å². The van der Waals surface area contributed by atoms with E-state index in [1.807, 2.05) is 18.2 Å². The zero-order chi connectivity index (χ0) is 26.4. The van der Waals surface area contributed by atoms with E-state index >= 15 is 0 Å². The van der Waals surface area contributed by atoms with Crippen molar-refractivity contribution in [3.8, 4) is 5.75 Å². The Labute approximate surface area is 221 Å². The maximum Gasteiger partial charge on any atom is 0.417 e. The first kappa shape index (κ1) is 26.3. The summed E-state index contributed by atoms with van der Waals surface area (Å²) in [5.41, 5.74) is 2.62. The molecule has 0 spiro atoms. The number of nitrogens with zero attached hydrogens (tertiary/aromatic N) is 3. The Morgan fingerprint density at radius 3 is 2.08 bits per heavy atom. The molecule has 2 aromatic heterocycles. The van der Waals surface area contributed by atoms with Crippen LogP contribution in [0.5, 0.6) is 5.75 Å². The quantitative estimate of drug-likeness (QED) is 0.330. The second-order valence-corrected chi connectivity index (χ2v) is 8.62. The standard InChI is InChI=1S/C17H20N4O.C12H10N2O2/c22-17(19-15-7-4-9-18-11-15)20-16-8-10-21(13-16)12-14-5-2-1-3-6-14;15-12(14-10-5-4-8-13-9-10)16-11-6-2-1-3-7-11/h1-7,9,11,16H,8,10,12-13H2,(H2,19,20,22);1-9H,(H,14,15)/t16-;/m1./s1. The van der Waals surface area contributed by atoms with Crippen LogP contribution in [-0.2, 0) is 6.54 Å². The van der Waals surface area contributed by atoms with Crippen molar-refractivity contribution in [3.63, 3.8) is 0 Å². The summed E-state index contributed by atoms with van der Waals surface area (Å²) in [5.74, 6) is 0.504. The van der Waals surface area contributed by atoms with Gasteiger partial charge in [-0.2, -0.15) is 0 Å². The number of rotatable bonds is 6. The highest BCUT2D eigenvalue weighted by Gasteiger charge is 2.23. The van der Waals surface area contributed by atoms with Gasteiger partial charge >= 0.3 is 12.1 Å². The van der Waals surface area contributed by atoms with Crippen LogP contribution in [0.2, 0.25) is 0 Å². The molecule has 0 unspecified atom stereocenters. The first-order valence-corrected chi connectivity index (χ1v) is 12.3. The fourth-order valence-corrected chi connectivity index (χ4v) is 3.90. The minimum Gasteiger partial charge on any atom is -0.410 e. The Morgan fingerprint density at radius 1 is 0.816 bits per heavy atom. The van der Waals surface area contributed by atoms with Crippen LogP contribution in [0.1, 0.15) is 12.0 Å². The van der Waals surface area contributed by atoms with Crippen LogP contribution in [0.4, 0.5) is 21.0 Å². The molecule has 38 heavy (non-hydrogen) atoms. The van der Waals surface area contributed by atoms with Crippen molar-refractivity contribution < 1.29 is 14.3 Å². The summed E-state index contributed by atoms with van der Waals surface area (Å²) in [6.07, 6.45) is 6.95. The second-order valence-electron chi connectivity index (χ2n) is 8.62. The molecule has 1 aliphatic rings. The highest BCUT2D eigenvalue weighted by atomic mass is 16.6. The zero-order valence-electron chi connectivity index (χ0n) is 20.9. The third-order valence-electron chi connectivity index (χ3n) is 5.64. The summed E-state index contributed by atoms with van der Waals surface area (Å²) < 4.78 is 5.04. The molecule has 3 heterocycles. The molecule has 1 fully saturated rings. The van der Waals surface area contributed by atoms with E-state index in [-0.39, 0.29) is 12.1 Å². The van der Waals surface area contributed by atoms with Crippen LogP contribution in [-0.4, -0.2) is 46.1 Å². The average molecular weight is 511 g/mol. The number of hydrogen-bond donors (Lipinski definition) is 3. The van der Waals surface area contributed by atoms with Crippen LogP contribution < -0.4 is 20.7 Å². The molecular weight excluding hydrogens is 480 g/mol. The summed E-state index contributed by atoms with van der Waals surface area (Å²) in [6.45, 7) is 2.82. The van der Waals surface area contributed by atoms with Gasteiger partial charge in [0, 0.05) is 38.1 Å². The van der Waals surface area contributed by atoms with Crippen molar-refractivity contribution in [2.45, 2.75) is 19.0 Å². The predicted molar refractivity (Wildman–Crippen MR) is 147 cm³/mol. The molecule has 2 aromatic carbocycles. The first-order chi connectivity index (χ1) is 18.6. The van der Waals surface area contributed by atoms with Crippen LogP contribution in [0.3, 0.4) is 0 Å². The van der Waals surface area contributed by atoms with Gasteiger partial charge in [-0.3, -0.25) is 20.2 Å². The Bertz CT molecular complexity index is 1220. The fraction of sp³-hybridized carbons (Fsp3) is 0.172. The average Bonchev–Trinajstić information content (AvgIpc) is 3.37. The minimum atomic E-state index is -0.529. The molecular formula is C29H30N6O3. The van der Waals surface area contributed by atoms with E-state index in [1.54, 1.807) is 67.3 Å². The lowest BCUT2D eigenvalue weighted by Gasteiger charge is -2.17. The molecule has 0 bridgehead atoms. The van der Waals surface area contributed by atoms with Gasteiger partial charge in [0.05, 0.1) is 23.8 Å². The molecule has 1 atom stereocenters. The maximum atomic E-state index is 12.0. The van der Waals surface area contributed by atoms with Crippen molar-refractivity contribution in [3.05, 3.63) is 115 Å². The smallest absolute Gasteiger partial charge is 0.410 e. The Hall–Kier alpha value is -4.76. The van der Waals surface area contributed by atoms with Gasteiger partial charge in [0.1, 0.15) is 5.75 Å². The number of carbonyl (C=O) groups excluding carboxylic acids is 2. The first-order valence-electron chi connectivity index (χ1n) is 12.3. The Kier molecular flexibility index (Phi) is 9.76. The minimum absolute atomic E-state index is 0.167. The molecule has 1 saturated heterocycles. The van der Waals surface area contributed by atoms with Crippen molar-refractivity contribution in [1.29, 1.82) is 0 Å². The number of benzene rings is 2. The number of hydrogen-bond acceptors (Lipinski definition) is 6. The molecule has 0 aliphatic carbocycles. The van der Waals surface area contributed by atoms with Gasteiger partial charge in [-0.25, -0.2) is 9.59 Å². The van der Waals surface area contributed by atoms with E-state index in [0.717, 1.165) is 26.1 Å². The number of anilines is 2. The monoisotopic (exact) mass is 510 g/mol. The SMILES string of the molecule is O=C(Nc1cccnc1)N[C@@H]1CCN(Cc2ccccc2)C1.O=C(Nc1cccnc1)Oc1ccccc1. The van der Waals surface area contributed by atoms with Gasteiger partial charge in [-0.1, -0.05) is 48.5 Å². The van der Waals surface area contributed by atoms with E-state index in [0.29, 0.717) is 17.1 Å². The maximum absolute atomic E-state index is 12.0. The molecule has 9 nitrogen and oxygen atoms in total.